The van der Waals surface area contributed by atoms with Gasteiger partial charge in [-0.05, 0) is 36.2 Å². The summed E-state index contributed by atoms with van der Waals surface area (Å²) >= 11 is 0. The van der Waals surface area contributed by atoms with Crippen LogP contribution in [0.2, 0.25) is 0 Å². The van der Waals surface area contributed by atoms with Gasteiger partial charge in [-0.25, -0.2) is 4.79 Å². The molecular formula is C21H24O9. The summed E-state index contributed by atoms with van der Waals surface area (Å²) in [6.45, 7) is 0.790. The lowest BCUT2D eigenvalue weighted by molar-refractivity contribution is -0.277. The van der Waals surface area contributed by atoms with Gasteiger partial charge < -0.3 is 39.7 Å². The van der Waals surface area contributed by atoms with Crippen LogP contribution in [0, 0.1) is 6.92 Å². The zero-order valence-corrected chi connectivity index (χ0v) is 16.2. The van der Waals surface area contributed by atoms with Gasteiger partial charge in [-0.1, -0.05) is 24.3 Å². The highest BCUT2D eigenvalue weighted by Gasteiger charge is 2.44. The number of carboxylic acids is 1. The SMILES string of the molecule is Cc1cc(OCC(=O)O)cc(-c2ccccc2O[C@H]2O[C@H](CO)[C@@H](O)[C@H](O)[C@@H]2O)c1. The van der Waals surface area contributed by atoms with Crippen molar-refractivity contribution in [1.82, 2.24) is 0 Å². The van der Waals surface area contributed by atoms with Gasteiger partial charge in [-0.15, -0.1) is 0 Å². The van der Waals surface area contributed by atoms with Crippen molar-refractivity contribution in [3.63, 3.8) is 0 Å². The van der Waals surface area contributed by atoms with Crippen LogP contribution in [0.15, 0.2) is 42.5 Å². The Labute approximate surface area is 172 Å². The molecule has 9 heteroatoms. The van der Waals surface area contributed by atoms with Crippen molar-refractivity contribution in [2.75, 3.05) is 13.2 Å². The van der Waals surface area contributed by atoms with E-state index < -0.39 is 49.9 Å². The van der Waals surface area contributed by atoms with Crippen molar-refractivity contribution < 1.29 is 44.5 Å². The highest BCUT2D eigenvalue weighted by molar-refractivity contribution is 5.73. The Kier molecular flexibility index (Phi) is 6.91. The van der Waals surface area contributed by atoms with E-state index in [1.807, 2.05) is 13.0 Å². The Bertz CT molecular complexity index is 883. The van der Waals surface area contributed by atoms with Gasteiger partial charge in [0.25, 0.3) is 0 Å². The third-order valence-electron chi connectivity index (χ3n) is 4.70. The third-order valence-corrected chi connectivity index (χ3v) is 4.70. The van der Waals surface area contributed by atoms with Crippen LogP contribution in [0.3, 0.4) is 0 Å². The fraction of sp³-hybridized carbons (Fsp3) is 0.381. The predicted octanol–water partition coefficient (Wildman–Crippen LogP) is 0.304. The third kappa shape index (κ3) is 4.89. The van der Waals surface area contributed by atoms with Crippen LogP contribution in [-0.2, 0) is 9.53 Å². The van der Waals surface area contributed by atoms with Crippen LogP contribution in [0.1, 0.15) is 5.56 Å². The Morgan fingerprint density at radius 2 is 1.80 bits per heavy atom. The van der Waals surface area contributed by atoms with E-state index in [0.717, 1.165) is 5.56 Å². The molecule has 0 aliphatic carbocycles. The van der Waals surface area contributed by atoms with Crippen molar-refractivity contribution in [3.8, 4) is 22.6 Å². The first-order chi connectivity index (χ1) is 14.3. The number of aliphatic hydroxyl groups excluding tert-OH is 4. The average Bonchev–Trinajstić information content (AvgIpc) is 2.72. The Morgan fingerprint density at radius 3 is 2.50 bits per heavy atom. The first-order valence-corrected chi connectivity index (χ1v) is 9.33. The van der Waals surface area contributed by atoms with Crippen LogP contribution >= 0.6 is 0 Å². The second-order valence-corrected chi connectivity index (χ2v) is 7.03. The number of rotatable bonds is 7. The average molecular weight is 420 g/mol. The maximum atomic E-state index is 10.8. The summed E-state index contributed by atoms with van der Waals surface area (Å²) in [6.07, 6.45) is -6.98. The molecule has 0 saturated carbocycles. The number of carboxylic acid groups (broad SMARTS) is 1. The number of para-hydroxylation sites is 1. The molecule has 1 saturated heterocycles. The predicted molar refractivity (Wildman–Crippen MR) is 104 cm³/mol. The summed E-state index contributed by atoms with van der Waals surface area (Å²) in [5, 5.41) is 48.3. The summed E-state index contributed by atoms with van der Waals surface area (Å²) in [4.78, 5) is 10.8. The van der Waals surface area contributed by atoms with Crippen molar-refractivity contribution >= 4 is 5.97 Å². The quantitative estimate of drug-likeness (QED) is 0.427. The fourth-order valence-electron chi connectivity index (χ4n) is 3.23. The molecule has 30 heavy (non-hydrogen) atoms. The molecule has 5 N–H and O–H groups in total. The van der Waals surface area contributed by atoms with Gasteiger partial charge in [0.05, 0.1) is 6.61 Å². The zero-order chi connectivity index (χ0) is 21.8. The van der Waals surface area contributed by atoms with Gasteiger partial charge >= 0.3 is 5.97 Å². The molecule has 1 fully saturated rings. The van der Waals surface area contributed by atoms with E-state index in [-0.39, 0.29) is 0 Å². The first-order valence-electron chi connectivity index (χ1n) is 9.33. The summed E-state index contributed by atoms with van der Waals surface area (Å²) in [5.41, 5.74) is 2.12. The molecular weight excluding hydrogens is 396 g/mol. The molecule has 5 atom stereocenters. The number of hydrogen-bond donors (Lipinski definition) is 5. The molecule has 1 aliphatic rings. The summed E-state index contributed by atoms with van der Waals surface area (Å²) < 4.78 is 16.5. The van der Waals surface area contributed by atoms with Crippen molar-refractivity contribution in [2.24, 2.45) is 0 Å². The van der Waals surface area contributed by atoms with Gasteiger partial charge in [0, 0.05) is 5.56 Å². The number of benzene rings is 2. The van der Waals surface area contributed by atoms with Gasteiger partial charge in [0.15, 0.2) is 6.61 Å². The summed E-state index contributed by atoms with van der Waals surface area (Å²) in [7, 11) is 0. The second kappa shape index (κ2) is 9.41. The van der Waals surface area contributed by atoms with Crippen molar-refractivity contribution in [2.45, 2.75) is 37.6 Å². The Hall–Kier alpha value is -2.69. The zero-order valence-electron chi connectivity index (χ0n) is 16.2. The molecule has 0 unspecified atom stereocenters. The fourth-order valence-corrected chi connectivity index (χ4v) is 3.23. The summed E-state index contributed by atoms with van der Waals surface area (Å²) in [5.74, 6) is -0.406. The number of aliphatic hydroxyl groups is 4. The molecule has 0 bridgehead atoms. The lowest BCUT2D eigenvalue weighted by Crippen LogP contribution is -2.60. The molecule has 162 valence electrons. The Balaban J connectivity index is 1.89. The molecule has 0 spiro atoms. The van der Waals surface area contributed by atoms with Crippen LogP contribution < -0.4 is 9.47 Å². The molecule has 1 aliphatic heterocycles. The molecule has 0 amide bonds. The highest BCUT2D eigenvalue weighted by atomic mass is 16.7. The van der Waals surface area contributed by atoms with Crippen LogP contribution in [0.4, 0.5) is 0 Å². The molecule has 0 radical (unpaired) electrons. The van der Waals surface area contributed by atoms with Crippen LogP contribution in [0.5, 0.6) is 11.5 Å². The maximum absolute atomic E-state index is 10.8. The minimum Gasteiger partial charge on any atom is -0.482 e. The number of carbonyl (C=O) groups is 1. The highest BCUT2D eigenvalue weighted by Crippen LogP contribution is 2.35. The van der Waals surface area contributed by atoms with E-state index in [0.29, 0.717) is 22.6 Å². The number of aliphatic carboxylic acids is 1. The largest absolute Gasteiger partial charge is 0.482 e. The first kappa shape index (κ1) is 22.0. The molecule has 1 heterocycles. The smallest absolute Gasteiger partial charge is 0.341 e. The van der Waals surface area contributed by atoms with Gasteiger partial charge in [0.1, 0.15) is 35.9 Å². The lowest BCUT2D eigenvalue weighted by Gasteiger charge is -2.39. The van der Waals surface area contributed by atoms with Crippen molar-refractivity contribution in [1.29, 1.82) is 0 Å². The topological polar surface area (TPSA) is 146 Å². The van der Waals surface area contributed by atoms with Crippen LogP contribution in [0.25, 0.3) is 11.1 Å². The molecule has 0 aromatic heterocycles. The van der Waals surface area contributed by atoms with Gasteiger partial charge in [-0.3, -0.25) is 0 Å². The van der Waals surface area contributed by atoms with Crippen LogP contribution in [-0.4, -0.2) is 75.4 Å². The minimum absolute atomic E-state index is 0.316. The minimum atomic E-state index is -1.55. The maximum Gasteiger partial charge on any atom is 0.341 e. The van der Waals surface area contributed by atoms with E-state index in [1.54, 1.807) is 36.4 Å². The van der Waals surface area contributed by atoms with Crippen molar-refractivity contribution in [3.05, 3.63) is 48.0 Å². The molecule has 3 rings (SSSR count). The monoisotopic (exact) mass is 420 g/mol. The molecule has 2 aromatic rings. The van der Waals surface area contributed by atoms with E-state index >= 15 is 0 Å². The van der Waals surface area contributed by atoms with Gasteiger partial charge in [0.2, 0.25) is 6.29 Å². The van der Waals surface area contributed by atoms with Gasteiger partial charge in [-0.2, -0.15) is 0 Å². The number of ether oxygens (including phenoxy) is 3. The second-order valence-electron chi connectivity index (χ2n) is 7.03. The van der Waals surface area contributed by atoms with E-state index in [2.05, 4.69) is 0 Å². The normalized spacial score (nSPS) is 26.2. The van der Waals surface area contributed by atoms with E-state index in [1.165, 1.54) is 0 Å². The lowest BCUT2D eigenvalue weighted by atomic mass is 9.99. The number of hydrogen-bond acceptors (Lipinski definition) is 8. The molecule has 2 aromatic carbocycles. The Morgan fingerprint density at radius 1 is 1.07 bits per heavy atom. The summed E-state index contributed by atoms with van der Waals surface area (Å²) in [6, 6.07) is 12.1. The molecule has 9 nitrogen and oxygen atoms in total. The van der Waals surface area contributed by atoms with E-state index in [4.69, 9.17) is 19.3 Å². The number of aryl methyl sites for hydroxylation is 1. The standard InChI is InChI=1S/C21H24O9/c1-11-6-12(8-13(7-11)28-10-17(23)24)14-4-2-3-5-15(14)29-21-20(27)19(26)18(25)16(9-22)30-21/h2-8,16,18-22,25-27H,9-10H2,1H3,(H,23,24)/t16-,18-,19+,20+,21+/m1/s1. The van der Waals surface area contributed by atoms with E-state index in [9.17, 15) is 25.2 Å².